The molecule has 3 nitrogen and oxygen atoms in total. The zero-order valence-electron chi connectivity index (χ0n) is 14.3. The number of hydrogen-bond donors (Lipinski definition) is 3. The summed E-state index contributed by atoms with van der Waals surface area (Å²) in [6.45, 7) is 0.623. The van der Waals surface area contributed by atoms with Crippen LogP contribution < -0.4 is 5.73 Å². The van der Waals surface area contributed by atoms with Gasteiger partial charge in [-0.2, -0.15) is 0 Å². The van der Waals surface area contributed by atoms with E-state index in [1.807, 2.05) is 12.2 Å². The van der Waals surface area contributed by atoms with Gasteiger partial charge in [-0.1, -0.05) is 12.2 Å². The molecule has 4 N–H and O–H groups in total. The van der Waals surface area contributed by atoms with Crippen molar-refractivity contribution in [3.05, 3.63) is 65.6 Å². The van der Waals surface area contributed by atoms with E-state index in [1.165, 1.54) is 12.1 Å². The number of nitrogens with one attached hydrogen (secondary N) is 1. The molecule has 1 unspecified atom stereocenters. The smallest absolute Gasteiger partial charge is 0.123 e. The first-order valence-electron chi connectivity index (χ1n) is 8.33. The summed E-state index contributed by atoms with van der Waals surface area (Å²) in [5, 5.41) is 7.00. The van der Waals surface area contributed by atoms with Gasteiger partial charge in [0.25, 0.3) is 0 Å². The van der Waals surface area contributed by atoms with E-state index >= 15 is 0 Å². The van der Waals surface area contributed by atoms with Gasteiger partial charge < -0.3 is 15.8 Å². The Morgan fingerprint density at radius 1 is 1.24 bits per heavy atom. The molecule has 0 bridgehead atoms. The van der Waals surface area contributed by atoms with Crippen molar-refractivity contribution in [2.75, 3.05) is 13.7 Å². The first kappa shape index (κ1) is 19.1. The van der Waals surface area contributed by atoms with Crippen LogP contribution in [0.15, 0.2) is 48.6 Å². The van der Waals surface area contributed by atoms with Crippen molar-refractivity contribution in [2.45, 2.75) is 25.4 Å². The van der Waals surface area contributed by atoms with E-state index in [0.29, 0.717) is 13.0 Å². The van der Waals surface area contributed by atoms with E-state index in [9.17, 15) is 8.78 Å². The summed E-state index contributed by atoms with van der Waals surface area (Å²) in [7, 11) is 1.00. The summed E-state index contributed by atoms with van der Waals surface area (Å²) in [6.07, 6.45) is 6.55. The maximum atomic E-state index is 13.3. The van der Waals surface area contributed by atoms with Gasteiger partial charge >= 0.3 is 0 Å². The minimum absolute atomic E-state index is 0.254. The van der Waals surface area contributed by atoms with E-state index in [2.05, 4.69) is 11.1 Å². The highest BCUT2D eigenvalue weighted by molar-refractivity contribution is 5.78. The van der Waals surface area contributed by atoms with Crippen LogP contribution in [0.3, 0.4) is 0 Å². The molecule has 2 aromatic rings. The van der Waals surface area contributed by atoms with Crippen LogP contribution in [0.4, 0.5) is 8.78 Å². The number of rotatable bonds is 5. The Hall–Kier alpha value is -2.24. The molecule has 0 radical (unpaired) electrons. The molecule has 0 aliphatic heterocycles. The molecule has 5 heteroatoms. The Labute approximate surface area is 146 Å². The molecule has 0 spiro atoms. The van der Waals surface area contributed by atoms with Gasteiger partial charge in [0.1, 0.15) is 12.0 Å². The largest absolute Gasteiger partial charge is 0.400 e. The van der Waals surface area contributed by atoms with Crippen molar-refractivity contribution in [1.82, 2.24) is 4.98 Å². The van der Waals surface area contributed by atoms with Gasteiger partial charge in [0.05, 0.1) is 0 Å². The second kappa shape index (κ2) is 9.30. The lowest BCUT2D eigenvalue weighted by Gasteiger charge is -2.10. The fourth-order valence-electron chi connectivity index (χ4n) is 2.81. The van der Waals surface area contributed by atoms with E-state index < -0.39 is 6.17 Å². The lowest BCUT2D eigenvalue weighted by molar-refractivity contribution is 0.399. The zero-order chi connectivity index (χ0) is 18.2. The van der Waals surface area contributed by atoms with Gasteiger partial charge in [-0.3, -0.25) is 0 Å². The Morgan fingerprint density at radius 3 is 2.56 bits per heavy atom. The average Bonchev–Trinajstić information content (AvgIpc) is 3.07. The number of H-pyrrole nitrogens is 1. The number of aromatic amines is 1. The number of aliphatic hydroxyl groups excluding tert-OH is 1. The first-order chi connectivity index (χ1) is 12.2. The third kappa shape index (κ3) is 4.87. The van der Waals surface area contributed by atoms with Crippen LogP contribution in [0.25, 0.3) is 16.8 Å². The summed E-state index contributed by atoms with van der Waals surface area (Å²) in [4.78, 5) is 3.41. The number of alkyl halides is 1. The molecule has 3 rings (SSSR count). The molecule has 1 aromatic carbocycles. The number of aryl methyl sites for hydroxylation is 1. The zero-order valence-corrected chi connectivity index (χ0v) is 14.3. The molecule has 0 amide bonds. The van der Waals surface area contributed by atoms with Crippen molar-refractivity contribution in [1.29, 1.82) is 0 Å². The van der Waals surface area contributed by atoms with Crippen LogP contribution in [-0.2, 0) is 6.42 Å². The third-order valence-corrected chi connectivity index (χ3v) is 4.04. The molecule has 0 saturated carbocycles. The van der Waals surface area contributed by atoms with Gasteiger partial charge in [-0.15, -0.1) is 0 Å². The van der Waals surface area contributed by atoms with Crippen molar-refractivity contribution < 1.29 is 13.9 Å². The number of aliphatic hydroxyl groups is 1. The summed E-state index contributed by atoms with van der Waals surface area (Å²) in [5.41, 5.74) is 10.6. The summed E-state index contributed by atoms with van der Waals surface area (Å²) < 4.78 is 26.4. The maximum absolute atomic E-state index is 13.3. The van der Waals surface area contributed by atoms with Crippen LogP contribution in [0, 0.1) is 5.82 Å². The Bertz CT molecular complexity index is 733. The summed E-state index contributed by atoms with van der Waals surface area (Å²) >= 11 is 0. The Morgan fingerprint density at radius 2 is 1.96 bits per heavy atom. The van der Waals surface area contributed by atoms with Crippen molar-refractivity contribution in [3.8, 4) is 11.3 Å². The number of halogens is 2. The fraction of sp³-hybridized carbons (Fsp3) is 0.300. The quantitative estimate of drug-likeness (QED) is 0.766. The lowest BCUT2D eigenvalue weighted by Crippen LogP contribution is -2.03. The monoisotopic (exact) mass is 346 g/mol. The lowest BCUT2D eigenvalue weighted by atomic mass is 9.99. The summed E-state index contributed by atoms with van der Waals surface area (Å²) in [5.74, 6) is -0.254. The number of benzene rings is 1. The number of aromatic nitrogens is 1. The molecule has 0 saturated heterocycles. The molecule has 1 aromatic heterocycles. The SMILES string of the molecule is CO.NCCCc1cc(-c2ccc(F)cc2)[nH]c1C1=CCC(F)C=C1. The van der Waals surface area contributed by atoms with Crippen molar-refractivity contribution in [3.63, 3.8) is 0 Å². The maximum Gasteiger partial charge on any atom is 0.123 e. The predicted molar refractivity (Wildman–Crippen MR) is 98.3 cm³/mol. The van der Waals surface area contributed by atoms with Crippen molar-refractivity contribution in [2.24, 2.45) is 5.73 Å². The second-order valence-electron chi connectivity index (χ2n) is 5.75. The predicted octanol–water partition coefficient (Wildman–Crippen LogP) is 4.00. The Kier molecular flexibility index (Phi) is 7.10. The van der Waals surface area contributed by atoms with Gasteiger partial charge in [0.15, 0.2) is 0 Å². The van der Waals surface area contributed by atoms with Crippen LogP contribution in [0.1, 0.15) is 24.1 Å². The molecule has 134 valence electrons. The second-order valence-corrected chi connectivity index (χ2v) is 5.75. The standard InChI is InChI=1S/C19H20F2N2.CH4O/c20-16-7-3-13(4-8-16)18-12-15(2-1-11-22)19(23-18)14-5-9-17(21)10-6-14;1-2/h3-9,12,17,23H,1-2,10-11,22H2;2H,1H3. The van der Waals surface area contributed by atoms with Gasteiger partial charge in [0, 0.05) is 24.9 Å². The van der Waals surface area contributed by atoms with E-state index in [4.69, 9.17) is 10.8 Å². The van der Waals surface area contributed by atoms with E-state index in [-0.39, 0.29) is 5.82 Å². The molecule has 1 aliphatic rings. The van der Waals surface area contributed by atoms with Gasteiger partial charge in [-0.25, -0.2) is 8.78 Å². The van der Waals surface area contributed by atoms with Crippen LogP contribution >= 0.6 is 0 Å². The van der Waals surface area contributed by atoms with Crippen LogP contribution in [-0.4, -0.2) is 29.9 Å². The molecular weight excluding hydrogens is 322 g/mol. The minimum atomic E-state index is -0.905. The summed E-state index contributed by atoms with van der Waals surface area (Å²) in [6, 6.07) is 8.47. The normalized spacial score (nSPS) is 16.2. The number of allylic oxidation sites excluding steroid dienone is 4. The highest BCUT2D eigenvalue weighted by Crippen LogP contribution is 2.30. The van der Waals surface area contributed by atoms with Crippen LogP contribution in [0.2, 0.25) is 0 Å². The molecular formula is C20H24F2N2O. The van der Waals surface area contributed by atoms with Crippen molar-refractivity contribution >= 4 is 5.57 Å². The Balaban J connectivity index is 0.00000109. The molecule has 0 fully saturated rings. The molecule has 1 heterocycles. The molecule has 1 aliphatic carbocycles. The molecule has 1 atom stereocenters. The fourth-order valence-corrected chi connectivity index (χ4v) is 2.81. The highest BCUT2D eigenvalue weighted by Gasteiger charge is 2.15. The third-order valence-electron chi connectivity index (χ3n) is 4.04. The number of hydrogen-bond acceptors (Lipinski definition) is 2. The van der Waals surface area contributed by atoms with Gasteiger partial charge in [0.2, 0.25) is 0 Å². The van der Waals surface area contributed by atoms with Crippen LogP contribution in [0.5, 0.6) is 0 Å². The first-order valence-corrected chi connectivity index (χ1v) is 8.33. The molecule has 25 heavy (non-hydrogen) atoms. The number of nitrogens with two attached hydrogens (primary N) is 1. The average molecular weight is 346 g/mol. The topological polar surface area (TPSA) is 62.0 Å². The van der Waals surface area contributed by atoms with E-state index in [0.717, 1.165) is 48.0 Å². The van der Waals surface area contributed by atoms with E-state index in [1.54, 1.807) is 18.2 Å². The van der Waals surface area contributed by atoms with Gasteiger partial charge in [-0.05, 0) is 72.5 Å². The highest BCUT2D eigenvalue weighted by atomic mass is 19.1. The minimum Gasteiger partial charge on any atom is -0.400 e.